The molecule has 0 aliphatic carbocycles. The van der Waals surface area contributed by atoms with E-state index in [1.54, 1.807) is 11.0 Å². The van der Waals surface area contributed by atoms with Crippen LogP contribution >= 0.6 is 34.3 Å². The first-order chi connectivity index (χ1) is 10.6. The number of thiophene rings is 2. The summed E-state index contributed by atoms with van der Waals surface area (Å²) in [4.78, 5) is 28.2. The minimum absolute atomic E-state index is 0.0492. The maximum Gasteiger partial charge on any atom is 0.264 e. The molecule has 22 heavy (non-hydrogen) atoms. The van der Waals surface area contributed by atoms with Gasteiger partial charge in [0, 0.05) is 11.4 Å². The Morgan fingerprint density at radius 2 is 2.23 bits per heavy atom. The summed E-state index contributed by atoms with van der Waals surface area (Å²) in [6, 6.07) is 6.99. The van der Waals surface area contributed by atoms with Crippen LogP contribution in [0.2, 0.25) is 4.34 Å². The molecule has 0 radical (unpaired) electrons. The first kappa shape index (κ1) is 15.5. The highest BCUT2D eigenvalue weighted by Gasteiger charge is 2.34. The highest BCUT2D eigenvalue weighted by Crippen LogP contribution is 2.23. The second-order valence-electron chi connectivity index (χ2n) is 5.06. The number of hydrogen-bond donors (Lipinski definition) is 1. The van der Waals surface area contributed by atoms with Crippen molar-refractivity contribution in [1.82, 2.24) is 10.2 Å². The van der Waals surface area contributed by atoms with Gasteiger partial charge in [0.1, 0.15) is 6.04 Å². The average Bonchev–Trinajstić information content (AvgIpc) is 3.25. The van der Waals surface area contributed by atoms with Crippen molar-refractivity contribution in [3.8, 4) is 0 Å². The Labute approximate surface area is 141 Å². The highest BCUT2D eigenvalue weighted by molar-refractivity contribution is 7.16. The summed E-state index contributed by atoms with van der Waals surface area (Å²) >= 11 is 8.74. The summed E-state index contributed by atoms with van der Waals surface area (Å²) in [5.41, 5.74) is 0. The Balaban J connectivity index is 1.62. The minimum Gasteiger partial charge on any atom is -0.349 e. The van der Waals surface area contributed by atoms with Gasteiger partial charge in [0.15, 0.2) is 0 Å². The molecule has 0 unspecified atom stereocenters. The lowest BCUT2D eigenvalue weighted by molar-refractivity contribution is -0.125. The van der Waals surface area contributed by atoms with Gasteiger partial charge in [-0.1, -0.05) is 17.7 Å². The highest BCUT2D eigenvalue weighted by atomic mass is 35.5. The molecule has 1 saturated heterocycles. The molecule has 1 aliphatic heterocycles. The van der Waals surface area contributed by atoms with E-state index < -0.39 is 0 Å². The van der Waals surface area contributed by atoms with Crippen molar-refractivity contribution in [2.75, 3.05) is 6.54 Å². The van der Waals surface area contributed by atoms with Crippen molar-refractivity contribution in [2.45, 2.75) is 25.4 Å². The standard InChI is InChI=1S/C15H15ClN2O2S2/c16-13-6-5-10(22-13)9-17-14(19)11-3-1-7-18(11)15(20)12-4-2-8-21-12/h2,4-6,8,11H,1,3,7,9H2,(H,17,19)/t11-/m0/s1. The molecule has 2 aromatic rings. The van der Waals surface area contributed by atoms with Crippen molar-refractivity contribution in [3.05, 3.63) is 43.7 Å². The molecular weight excluding hydrogens is 340 g/mol. The fourth-order valence-electron chi connectivity index (χ4n) is 2.56. The third kappa shape index (κ3) is 3.34. The van der Waals surface area contributed by atoms with Crippen molar-refractivity contribution in [3.63, 3.8) is 0 Å². The number of amides is 2. The Morgan fingerprint density at radius 1 is 1.36 bits per heavy atom. The van der Waals surface area contributed by atoms with Crippen LogP contribution in [0.3, 0.4) is 0 Å². The van der Waals surface area contributed by atoms with Crippen LogP contribution in [0.4, 0.5) is 0 Å². The number of hydrogen-bond acceptors (Lipinski definition) is 4. The van der Waals surface area contributed by atoms with Gasteiger partial charge in [-0.3, -0.25) is 9.59 Å². The van der Waals surface area contributed by atoms with E-state index in [1.807, 2.05) is 23.6 Å². The van der Waals surface area contributed by atoms with Crippen LogP contribution in [0.25, 0.3) is 0 Å². The van der Waals surface area contributed by atoms with Gasteiger partial charge in [0.25, 0.3) is 5.91 Å². The first-order valence-electron chi connectivity index (χ1n) is 7.01. The van der Waals surface area contributed by atoms with Crippen LogP contribution in [0.1, 0.15) is 27.4 Å². The molecule has 1 fully saturated rings. The number of carbonyl (C=O) groups is 2. The molecule has 3 heterocycles. The van der Waals surface area contributed by atoms with E-state index in [2.05, 4.69) is 5.32 Å². The van der Waals surface area contributed by atoms with Gasteiger partial charge in [0.2, 0.25) is 5.91 Å². The second-order valence-corrected chi connectivity index (χ2v) is 7.80. The normalized spacial score (nSPS) is 17.7. The number of carbonyl (C=O) groups excluding carboxylic acids is 2. The molecule has 2 amide bonds. The van der Waals surface area contributed by atoms with Crippen molar-refractivity contribution < 1.29 is 9.59 Å². The number of nitrogens with zero attached hydrogens (tertiary/aromatic N) is 1. The van der Waals surface area contributed by atoms with Crippen LogP contribution in [-0.2, 0) is 11.3 Å². The van der Waals surface area contributed by atoms with Gasteiger partial charge in [-0.05, 0) is 36.4 Å². The largest absolute Gasteiger partial charge is 0.349 e. The molecule has 1 aliphatic rings. The topological polar surface area (TPSA) is 49.4 Å². The maximum atomic E-state index is 12.4. The third-order valence-corrected chi connectivity index (χ3v) is 5.70. The number of nitrogens with one attached hydrogen (secondary N) is 1. The Hall–Kier alpha value is -1.37. The van der Waals surface area contributed by atoms with Crippen molar-refractivity contribution in [2.24, 2.45) is 0 Å². The first-order valence-corrected chi connectivity index (χ1v) is 9.09. The van der Waals surface area contributed by atoms with Crippen LogP contribution in [0, 0.1) is 0 Å². The zero-order valence-electron chi connectivity index (χ0n) is 11.8. The van der Waals surface area contributed by atoms with E-state index in [0.29, 0.717) is 28.7 Å². The molecule has 1 atom stereocenters. The van der Waals surface area contributed by atoms with E-state index in [0.717, 1.165) is 11.3 Å². The zero-order valence-corrected chi connectivity index (χ0v) is 14.1. The molecule has 7 heteroatoms. The predicted octanol–water partition coefficient (Wildman–Crippen LogP) is 3.38. The van der Waals surface area contributed by atoms with Gasteiger partial charge in [0.05, 0.1) is 15.8 Å². The van der Waals surface area contributed by atoms with Crippen LogP contribution < -0.4 is 5.32 Å². The fraction of sp³-hybridized carbons (Fsp3) is 0.333. The Morgan fingerprint density at radius 3 is 2.91 bits per heavy atom. The SMILES string of the molecule is O=C(NCc1ccc(Cl)s1)[C@@H]1CCCN1C(=O)c1cccs1. The molecule has 2 aromatic heterocycles. The second kappa shape index (κ2) is 6.81. The molecule has 116 valence electrons. The van der Waals surface area contributed by atoms with Gasteiger partial charge in [-0.2, -0.15) is 0 Å². The van der Waals surface area contributed by atoms with Gasteiger partial charge >= 0.3 is 0 Å². The number of likely N-dealkylation sites (tertiary alicyclic amines) is 1. The molecule has 4 nitrogen and oxygen atoms in total. The summed E-state index contributed by atoms with van der Waals surface area (Å²) in [7, 11) is 0. The molecule has 0 spiro atoms. The summed E-state index contributed by atoms with van der Waals surface area (Å²) in [5.74, 6) is -0.140. The summed E-state index contributed by atoms with van der Waals surface area (Å²) in [6.45, 7) is 1.09. The van der Waals surface area contributed by atoms with Gasteiger partial charge < -0.3 is 10.2 Å². The van der Waals surface area contributed by atoms with Gasteiger partial charge in [-0.15, -0.1) is 22.7 Å². The molecule has 1 N–H and O–H groups in total. The summed E-state index contributed by atoms with van der Waals surface area (Å²) in [5, 5.41) is 4.78. The average molecular weight is 355 g/mol. The molecule has 3 rings (SSSR count). The van der Waals surface area contributed by atoms with Gasteiger partial charge in [-0.25, -0.2) is 0 Å². The summed E-state index contributed by atoms with van der Waals surface area (Å²) in [6.07, 6.45) is 1.58. The van der Waals surface area contributed by atoms with E-state index >= 15 is 0 Å². The number of rotatable bonds is 4. The molecule has 0 bridgehead atoms. The van der Waals surface area contributed by atoms with Crippen LogP contribution in [0.5, 0.6) is 0 Å². The van der Waals surface area contributed by atoms with Crippen LogP contribution in [-0.4, -0.2) is 29.3 Å². The lowest BCUT2D eigenvalue weighted by Crippen LogP contribution is -2.45. The summed E-state index contributed by atoms with van der Waals surface area (Å²) < 4.78 is 0.708. The third-order valence-electron chi connectivity index (χ3n) is 3.61. The smallest absolute Gasteiger partial charge is 0.264 e. The van der Waals surface area contributed by atoms with E-state index in [4.69, 9.17) is 11.6 Å². The van der Waals surface area contributed by atoms with E-state index in [1.165, 1.54) is 22.7 Å². The molecule has 0 saturated carbocycles. The van der Waals surface area contributed by atoms with Crippen molar-refractivity contribution in [1.29, 1.82) is 0 Å². The minimum atomic E-state index is -0.370. The Bertz CT molecular complexity index is 669. The monoisotopic (exact) mass is 354 g/mol. The quantitative estimate of drug-likeness (QED) is 0.915. The Kier molecular flexibility index (Phi) is 4.81. The number of halogens is 1. The maximum absolute atomic E-state index is 12.4. The van der Waals surface area contributed by atoms with Crippen molar-refractivity contribution >= 4 is 46.1 Å². The fourth-order valence-corrected chi connectivity index (χ4v) is 4.27. The predicted molar refractivity (Wildman–Crippen MR) is 89.6 cm³/mol. The van der Waals surface area contributed by atoms with E-state index in [9.17, 15) is 9.59 Å². The lowest BCUT2D eigenvalue weighted by Gasteiger charge is -2.23. The molecule has 0 aromatic carbocycles. The molecular formula is C15H15ClN2O2S2. The van der Waals surface area contributed by atoms with Crippen LogP contribution in [0.15, 0.2) is 29.6 Å². The zero-order chi connectivity index (χ0) is 15.5. The van der Waals surface area contributed by atoms with E-state index in [-0.39, 0.29) is 17.9 Å². The lowest BCUT2D eigenvalue weighted by atomic mass is 10.2.